The zero-order valence-corrected chi connectivity index (χ0v) is 8.72. The summed E-state index contributed by atoms with van der Waals surface area (Å²) in [6.45, 7) is 0. The fourth-order valence-corrected chi connectivity index (χ4v) is 1.20. The molecule has 0 spiro atoms. The van der Waals surface area contributed by atoms with Crippen LogP contribution in [0.25, 0.3) is 0 Å². The van der Waals surface area contributed by atoms with Crippen molar-refractivity contribution < 1.29 is 9.18 Å². The molecule has 0 aliphatic carbocycles. The van der Waals surface area contributed by atoms with Crippen LogP contribution in [0.4, 0.5) is 20.7 Å². The molecule has 0 saturated carbocycles. The Hall–Kier alpha value is -2.50. The van der Waals surface area contributed by atoms with Gasteiger partial charge in [-0.1, -0.05) is 12.1 Å². The number of nitrogens with zero attached hydrogens (tertiary/aromatic N) is 2. The van der Waals surface area contributed by atoms with Gasteiger partial charge >= 0.3 is 6.03 Å². The maximum absolute atomic E-state index is 13.2. The minimum Gasteiger partial charge on any atom is -0.305 e. The Morgan fingerprint density at radius 3 is 2.71 bits per heavy atom. The lowest BCUT2D eigenvalue weighted by atomic mass is 10.3. The van der Waals surface area contributed by atoms with Crippen molar-refractivity contribution in [1.29, 1.82) is 0 Å². The monoisotopic (exact) mass is 232 g/mol. The van der Waals surface area contributed by atoms with E-state index in [0.717, 1.165) is 0 Å². The topological polar surface area (TPSA) is 66.9 Å². The van der Waals surface area contributed by atoms with Gasteiger partial charge in [-0.15, -0.1) is 0 Å². The molecule has 17 heavy (non-hydrogen) atoms. The number of anilines is 2. The van der Waals surface area contributed by atoms with Crippen molar-refractivity contribution in [3.8, 4) is 0 Å². The minimum absolute atomic E-state index is 0.110. The molecule has 2 N–H and O–H groups in total. The van der Waals surface area contributed by atoms with E-state index in [1.807, 2.05) is 0 Å². The number of carbonyl (C=O) groups is 1. The summed E-state index contributed by atoms with van der Waals surface area (Å²) in [7, 11) is 0. The maximum atomic E-state index is 13.2. The highest BCUT2D eigenvalue weighted by Gasteiger charge is 2.06. The van der Waals surface area contributed by atoms with Crippen LogP contribution in [0, 0.1) is 5.82 Å². The predicted molar refractivity (Wildman–Crippen MR) is 61.1 cm³/mol. The van der Waals surface area contributed by atoms with E-state index in [1.54, 1.807) is 12.1 Å². The van der Waals surface area contributed by atoms with Crippen LogP contribution < -0.4 is 10.6 Å². The van der Waals surface area contributed by atoms with Crippen LogP contribution in [-0.4, -0.2) is 16.0 Å². The molecular weight excluding hydrogens is 223 g/mol. The predicted octanol–water partition coefficient (Wildman–Crippen LogP) is 2.26. The normalized spacial score (nSPS) is 9.71. The molecule has 0 fully saturated rings. The van der Waals surface area contributed by atoms with Gasteiger partial charge in [0.15, 0.2) is 0 Å². The second-order valence-electron chi connectivity index (χ2n) is 3.15. The summed E-state index contributed by atoms with van der Waals surface area (Å²) in [5.41, 5.74) is 0.110. The lowest BCUT2D eigenvalue weighted by Crippen LogP contribution is -2.20. The standard InChI is InChI=1S/C11H9FN4O/c12-8-3-1-2-4-9(8)15-11(17)16-10-5-6-13-7-14-10/h1-7H,(H2,13,14,15,16,17). The Morgan fingerprint density at radius 2 is 2.00 bits per heavy atom. The van der Waals surface area contributed by atoms with E-state index in [9.17, 15) is 9.18 Å². The number of hydrogen-bond donors (Lipinski definition) is 2. The highest BCUT2D eigenvalue weighted by Crippen LogP contribution is 2.12. The number of amides is 2. The van der Waals surface area contributed by atoms with E-state index in [0.29, 0.717) is 5.82 Å². The van der Waals surface area contributed by atoms with E-state index in [2.05, 4.69) is 20.6 Å². The van der Waals surface area contributed by atoms with Gasteiger partial charge < -0.3 is 5.32 Å². The number of rotatable bonds is 2. The number of nitrogens with one attached hydrogen (secondary N) is 2. The van der Waals surface area contributed by atoms with Crippen LogP contribution in [-0.2, 0) is 0 Å². The minimum atomic E-state index is -0.561. The zero-order valence-electron chi connectivity index (χ0n) is 8.72. The number of carbonyl (C=O) groups excluding carboxylic acids is 1. The fraction of sp³-hybridized carbons (Fsp3) is 0. The van der Waals surface area contributed by atoms with Gasteiger partial charge in [-0.2, -0.15) is 0 Å². The lowest BCUT2D eigenvalue weighted by molar-refractivity contribution is 0.262. The molecule has 2 amide bonds. The molecule has 2 aromatic rings. The van der Waals surface area contributed by atoms with E-state index in [4.69, 9.17) is 0 Å². The molecule has 1 aromatic carbocycles. The molecule has 0 saturated heterocycles. The van der Waals surface area contributed by atoms with Crippen LogP contribution in [0.5, 0.6) is 0 Å². The van der Waals surface area contributed by atoms with Crippen molar-refractivity contribution >= 4 is 17.5 Å². The van der Waals surface area contributed by atoms with Crippen molar-refractivity contribution in [2.24, 2.45) is 0 Å². The molecule has 0 atom stereocenters. The average molecular weight is 232 g/mol. The Labute approximate surface area is 96.7 Å². The number of aromatic nitrogens is 2. The van der Waals surface area contributed by atoms with Gasteiger partial charge in [0.25, 0.3) is 0 Å². The molecule has 2 rings (SSSR count). The smallest absolute Gasteiger partial charge is 0.305 e. The van der Waals surface area contributed by atoms with Crippen LogP contribution in [0.3, 0.4) is 0 Å². The number of halogens is 1. The van der Waals surface area contributed by atoms with Crippen molar-refractivity contribution in [1.82, 2.24) is 9.97 Å². The van der Waals surface area contributed by atoms with Crippen molar-refractivity contribution in [2.75, 3.05) is 10.6 Å². The first-order valence-corrected chi connectivity index (χ1v) is 4.84. The molecule has 0 bridgehead atoms. The quantitative estimate of drug-likeness (QED) is 0.834. The molecule has 0 radical (unpaired) electrons. The third-order valence-electron chi connectivity index (χ3n) is 1.95. The molecule has 0 aliphatic heterocycles. The first-order valence-electron chi connectivity index (χ1n) is 4.84. The molecule has 6 heteroatoms. The molecule has 0 unspecified atom stereocenters. The number of hydrogen-bond acceptors (Lipinski definition) is 3. The van der Waals surface area contributed by atoms with Crippen LogP contribution in [0.15, 0.2) is 42.9 Å². The van der Waals surface area contributed by atoms with Crippen LogP contribution in [0.1, 0.15) is 0 Å². The summed E-state index contributed by atoms with van der Waals surface area (Å²) >= 11 is 0. The zero-order chi connectivity index (χ0) is 12.1. The Morgan fingerprint density at radius 1 is 1.18 bits per heavy atom. The summed E-state index contributed by atoms with van der Waals surface area (Å²) in [5.74, 6) is -0.154. The second kappa shape index (κ2) is 5.02. The molecular formula is C11H9FN4O. The van der Waals surface area contributed by atoms with E-state index in [1.165, 1.54) is 30.7 Å². The summed E-state index contributed by atoms with van der Waals surface area (Å²) in [4.78, 5) is 19.0. The van der Waals surface area contributed by atoms with Gasteiger partial charge in [0.05, 0.1) is 5.69 Å². The van der Waals surface area contributed by atoms with Crippen molar-refractivity contribution in [3.05, 3.63) is 48.7 Å². The third kappa shape index (κ3) is 2.97. The van der Waals surface area contributed by atoms with E-state index >= 15 is 0 Å². The summed E-state index contributed by atoms with van der Waals surface area (Å²) in [6, 6.07) is 6.87. The molecule has 86 valence electrons. The SMILES string of the molecule is O=C(Nc1ccncn1)Nc1ccccc1F. The molecule has 0 aliphatic rings. The Balaban J connectivity index is 2.01. The average Bonchev–Trinajstić information content (AvgIpc) is 2.33. The number of para-hydroxylation sites is 1. The molecule has 1 aromatic heterocycles. The highest BCUT2D eigenvalue weighted by atomic mass is 19.1. The molecule has 1 heterocycles. The van der Waals surface area contributed by atoms with Crippen molar-refractivity contribution in [2.45, 2.75) is 0 Å². The number of urea groups is 1. The van der Waals surface area contributed by atoms with E-state index < -0.39 is 11.8 Å². The summed E-state index contributed by atoms with van der Waals surface area (Å²) < 4.78 is 13.2. The van der Waals surface area contributed by atoms with Gasteiger partial charge in [0.2, 0.25) is 0 Å². The Kier molecular flexibility index (Phi) is 3.25. The van der Waals surface area contributed by atoms with Gasteiger partial charge in [-0.25, -0.2) is 19.2 Å². The summed E-state index contributed by atoms with van der Waals surface area (Å²) in [6.07, 6.45) is 2.80. The Bertz CT molecular complexity index is 518. The van der Waals surface area contributed by atoms with Crippen LogP contribution >= 0.6 is 0 Å². The fourth-order valence-electron chi connectivity index (χ4n) is 1.20. The van der Waals surface area contributed by atoms with E-state index in [-0.39, 0.29) is 5.69 Å². The van der Waals surface area contributed by atoms with Gasteiger partial charge in [0.1, 0.15) is 18.0 Å². The maximum Gasteiger partial charge on any atom is 0.324 e. The molecule has 5 nitrogen and oxygen atoms in total. The van der Waals surface area contributed by atoms with Gasteiger partial charge in [-0.05, 0) is 18.2 Å². The van der Waals surface area contributed by atoms with Gasteiger partial charge in [-0.3, -0.25) is 5.32 Å². The highest BCUT2D eigenvalue weighted by molar-refractivity contribution is 5.99. The first kappa shape index (κ1) is 11.0. The first-order chi connectivity index (χ1) is 8.25. The summed E-state index contributed by atoms with van der Waals surface area (Å²) in [5, 5.41) is 4.82. The van der Waals surface area contributed by atoms with Crippen molar-refractivity contribution in [3.63, 3.8) is 0 Å². The van der Waals surface area contributed by atoms with Crippen LogP contribution in [0.2, 0.25) is 0 Å². The lowest BCUT2D eigenvalue weighted by Gasteiger charge is -2.06. The van der Waals surface area contributed by atoms with Gasteiger partial charge in [0, 0.05) is 6.20 Å². The largest absolute Gasteiger partial charge is 0.324 e. The second-order valence-corrected chi connectivity index (χ2v) is 3.15. The third-order valence-corrected chi connectivity index (χ3v) is 1.95. The number of benzene rings is 1.